The van der Waals surface area contributed by atoms with E-state index in [4.69, 9.17) is 38.7 Å². The minimum absolute atomic E-state index is 0.595. The molecule has 0 bridgehead atoms. The molecule has 0 atom stereocenters. The number of hydrogen-bond donors (Lipinski definition) is 0. The summed E-state index contributed by atoms with van der Waals surface area (Å²) in [5.74, 6) is 3.68. The van der Waals surface area contributed by atoms with E-state index in [9.17, 15) is 0 Å². The molecule has 10 aromatic carbocycles. The highest BCUT2D eigenvalue weighted by Gasteiger charge is 2.17. The zero-order chi connectivity index (χ0) is 49.0. The Balaban J connectivity index is 0.753. The first kappa shape index (κ1) is 42.7. The van der Waals surface area contributed by atoms with Gasteiger partial charge in [0.15, 0.2) is 34.9 Å². The van der Waals surface area contributed by atoms with Gasteiger partial charge in [-0.2, -0.15) is 0 Å². The van der Waals surface area contributed by atoms with Crippen LogP contribution in [0.15, 0.2) is 251 Å². The van der Waals surface area contributed by atoms with Crippen molar-refractivity contribution in [2.24, 2.45) is 0 Å². The normalized spacial score (nSPS) is 11.5. The lowest BCUT2D eigenvalue weighted by molar-refractivity contribution is 0.668. The Morgan fingerprint density at radius 3 is 1.00 bits per heavy atom. The van der Waals surface area contributed by atoms with Crippen molar-refractivity contribution in [3.05, 3.63) is 243 Å². The maximum Gasteiger partial charge on any atom is 0.164 e. The van der Waals surface area contributed by atoms with Gasteiger partial charge in [0.25, 0.3) is 0 Å². The number of benzene rings is 10. The van der Waals surface area contributed by atoms with Crippen LogP contribution in [0.3, 0.4) is 0 Å². The van der Waals surface area contributed by atoms with Gasteiger partial charge in [0.2, 0.25) is 0 Å². The average molecular weight is 949 g/mol. The lowest BCUT2D eigenvalue weighted by Crippen LogP contribution is -2.00. The van der Waals surface area contributed by atoms with E-state index in [2.05, 4.69) is 127 Å². The molecule has 0 unspecified atom stereocenters. The van der Waals surface area contributed by atoms with E-state index in [0.29, 0.717) is 34.9 Å². The molecule has 14 rings (SSSR count). The predicted molar refractivity (Wildman–Crippen MR) is 297 cm³/mol. The highest BCUT2D eigenvalue weighted by molar-refractivity contribution is 6.08. The molecule has 0 amide bonds. The molecule has 8 heteroatoms. The molecule has 0 aliphatic rings. The first-order chi connectivity index (χ1) is 36.6. The van der Waals surface area contributed by atoms with Crippen LogP contribution in [-0.2, 0) is 0 Å². The van der Waals surface area contributed by atoms with E-state index in [1.165, 1.54) is 0 Å². The van der Waals surface area contributed by atoms with Gasteiger partial charge in [-0.15, -0.1) is 0 Å². The summed E-state index contributed by atoms with van der Waals surface area (Å²) in [6.07, 6.45) is 0. The summed E-state index contributed by atoms with van der Waals surface area (Å²) in [6, 6.07) is 82.6. The van der Waals surface area contributed by atoms with E-state index in [0.717, 1.165) is 111 Å². The minimum atomic E-state index is 0.595. The Bertz CT molecular complexity index is 4340. The molecule has 0 aliphatic carbocycles. The second kappa shape index (κ2) is 17.9. The molecular weight excluding hydrogens is 909 g/mol. The Hall–Kier alpha value is -10.2. The summed E-state index contributed by atoms with van der Waals surface area (Å²) < 4.78 is 12.6. The smallest absolute Gasteiger partial charge is 0.164 e. The van der Waals surface area contributed by atoms with Crippen LogP contribution < -0.4 is 0 Å². The fourth-order valence-corrected chi connectivity index (χ4v) is 9.79. The van der Waals surface area contributed by atoms with Crippen molar-refractivity contribution in [2.45, 2.75) is 0 Å². The van der Waals surface area contributed by atoms with Gasteiger partial charge in [-0.25, -0.2) is 29.9 Å². The summed E-state index contributed by atoms with van der Waals surface area (Å²) >= 11 is 0. The van der Waals surface area contributed by atoms with E-state index in [1.807, 2.05) is 115 Å². The molecule has 0 aliphatic heterocycles. The summed E-state index contributed by atoms with van der Waals surface area (Å²) in [5.41, 5.74) is 15.3. The Labute approximate surface area is 425 Å². The third kappa shape index (κ3) is 7.93. The van der Waals surface area contributed by atoms with Gasteiger partial charge in [0.1, 0.15) is 22.3 Å². The summed E-state index contributed by atoms with van der Waals surface area (Å²) in [4.78, 5) is 29.9. The van der Waals surface area contributed by atoms with Crippen LogP contribution >= 0.6 is 0 Å². The Kier molecular flexibility index (Phi) is 10.3. The fraction of sp³-hybridized carbons (Fsp3) is 0. The van der Waals surface area contributed by atoms with Crippen molar-refractivity contribution >= 4 is 43.9 Å². The van der Waals surface area contributed by atoms with E-state index >= 15 is 0 Å². The van der Waals surface area contributed by atoms with Crippen molar-refractivity contribution < 1.29 is 8.83 Å². The molecule has 0 spiro atoms. The molecule has 0 saturated heterocycles. The zero-order valence-corrected chi connectivity index (χ0v) is 39.6. The minimum Gasteiger partial charge on any atom is -0.456 e. The van der Waals surface area contributed by atoms with Gasteiger partial charge in [-0.05, 0) is 81.9 Å². The van der Waals surface area contributed by atoms with Gasteiger partial charge in [-0.1, -0.05) is 194 Å². The van der Waals surface area contributed by atoms with Gasteiger partial charge in [0.05, 0.1) is 0 Å². The Morgan fingerprint density at radius 2 is 0.486 bits per heavy atom. The molecular formula is C66H40N6O2. The topological polar surface area (TPSA) is 104 Å². The molecule has 0 fully saturated rings. The number of hydrogen-bond acceptors (Lipinski definition) is 8. The number of rotatable bonds is 9. The molecule has 4 aromatic heterocycles. The van der Waals surface area contributed by atoms with Crippen molar-refractivity contribution in [3.63, 3.8) is 0 Å². The Morgan fingerprint density at radius 1 is 0.176 bits per heavy atom. The predicted octanol–water partition coefficient (Wildman–Crippen LogP) is 16.9. The van der Waals surface area contributed by atoms with Crippen molar-refractivity contribution in [3.8, 4) is 102 Å². The quantitative estimate of drug-likeness (QED) is 0.141. The van der Waals surface area contributed by atoms with Gasteiger partial charge in [0, 0.05) is 54.9 Å². The largest absolute Gasteiger partial charge is 0.456 e. The third-order valence-corrected chi connectivity index (χ3v) is 13.6. The molecule has 8 nitrogen and oxygen atoms in total. The van der Waals surface area contributed by atoms with E-state index in [-0.39, 0.29) is 0 Å². The van der Waals surface area contributed by atoms with Crippen molar-refractivity contribution in [1.29, 1.82) is 0 Å². The SMILES string of the molecule is c1ccc(-c2nc(-c3ccc(-c4ccc5c(c4)oc4ccc(-c6cccc(-c7nc(-c8ccccc8)nc(-c8ccccc8)n7)c6)cc45)cc3)nc(-c3ccc(-c4ccc5oc6ccccc6c5c4)cc3)n2)cc1. The molecule has 0 radical (unpaired) electrons. The van der Waals surface area contributed by atoms with E-state index < -0.39 is 0 Å². The van der Waals surface area contributed by atoms with Crippen LogP contribution in [0.4, 0.5) is 0 Å². The standard InChI is InChI=1S/C66H40N6O2/c1-4-13-43(14-5-1)61-68-64(46-27-23-41(24-28-46)49-32-35-58-55(38-49)53-21-10-11-22-57(53)73-58)70-65(69-61)47-29-25-42(26-30-47)51-31-34-54-56-39-50(33-36-59(56)74-60(54)40-51)48-19-12-20-52(37-48)66-71-62(44-15-6-2-7-16-44)67-63(72-66)45-17-8-3-9-18-45/h1-40H. The second-order valence-corrected chi connectivity index (χ2v) is 18.3. The highest BCUT2D eigenvalue weighted by Crippen LogP contribution is 2.38. The maximum absolute atomic E-state index is 6.52. The van der Waals surface area contributed by atoms with Crippen LogP contribution in [0.25, 0.3) is 146 Å². The van der Waals surface area contributed by atoms with Crippen molar-refractivity contribution in [2.75, 3.05) is 0 Å². The summed E-state index contributed by atoms with van der Waals surface area (Å²) in [6.45, 7) is 0. The highest BCUT2D eigenvalue weighted by atomic mass is 16.3. The number of aromatic nitrogens is 6. The van der Waals surface area contributed by atoms with Gasteiger partial charge >= 0.3 is 0 Å². The van der Waals surface area contributed by atoms with Crippen molar-refractivity contribution in [1.82, 2.24) is 29.9 Å². The number of para-hydroxylation sites is 1. The van der Waals surface area contributed by atoms with Crippen LogP contribution in [0.1, 0.15) is 0 Å². The monoisotopic (exact) mass is 948 g/mol. The lowest BCUT2D eigenvalue weighted by atomic mass is 9.99. The van der Waals surface area contributed by atoms with Crippen LogP contribution in [0.2, 0.25) is 0 Å². The molecule has 0 N–H and O–H groups in total. The maximum atomic E-state index is 6.52. The summed E-state index contributed by atoms with van der Waals surface area (Å²) in [5, 5.41) is 4.29. The first-order valence-electron chi connectivity index (χ1n) is 24.5. The summed E-state index contributed by atoms with van der Waals surface area (Å²) in [7, 11) is 0. The number of furan rings is 2. The van der Waals surface area contributed by atoms with Crippen LogP contribution in [0, 0.1) is 0 Å². The molecule has 0 saturated carbocycles. The molecule has 346 valence electrons. The van der Waals surface area contributed by atoms with E-state index in [1.54, 1.807) is 0 Å². The van der Waals surface area contributed by atoms with Crippen LogP contribution in [-0.4, -0.2) is 29.9 Å². The second-order valence-electron chi connectivity index (χ2n) is 18.3. The lowest BCUT2D eigenvalue weighted by Gasteiger charge is -2.10. The van der Waals surface area contributed by atoms with Gasteiger partial charge in [-0.3, -0.25) is 0 Å². The number of nitrogens with zero attached hydrogens (tertiary/aromatic N) is 6. The average Bonchev–Trinajstić information content (AvgIpc) is 4.05. The number of fused-ring (bicyclic) bond motifs is 6. The van der Waals surface area contributed by atoms with Crippen LogP contribution in [0.5, 0.6) is 0 Å². The molecule has 74 heavy (non-hydrogen) atoms. The molecule has 4 heterocycles. The first-order valence-corrected chi connectivity index (χ1v) is 24.5. The zero-order valence-electron chi connectivity index (χ0n) is 39.6. The molecule has 14 aromatic rings. The third-order valence-electron chi connectivity index (χ3n) is 13.6. The van der Waals surface area contributed by atoms with Gasteiger partial charge < -0.3 is 8.83 Å². The fourth-order valence-electron chi connectivity index (χ4n) is 9.79.